The quantitative estimate of drug-likeness (QED) is 0.694. The molecule has 0 radical (unpaired) electrons. The molecule has 1 heteroatoms. The van der Waals surface area contributed by atoms with Crippen LogP contribution in [0, 0.1) is 11.3 Å². The lowest BCUT2D eigenvalue weighted by Gasteiger charge is -2.37. The van der Waals surface area contributed by atoms with Crippen molar-refractivity contribution in [3.05, 3.63) is 42.0 Å². The minimum Gasteiger partial charge on any atom is -0.507 e. The van der Waals surface area contributed by atoms with E-state index in [1.54, 1.807) is 0 Å². The van der Waals surface area contributed by atoms with Crippen molar-refractivity contribution in [1.82, 2.24) is 0 Å². The molecule has 1 N–H and O–H groups in total. The van der Waals surface area contributed by atoms with Crippen LogP contribution in [-0.4, -0.2) is 5.11 Å². The van der Waals surface area contributed by atoms with Crippen LogP contribution in [0.4, 0.5) is 0 Å². The minimum atomic E-state index is 0.413. The normalized spacial score (nSPS) is 23.4. The van der Waals surface area contributed by atoms with Crippen molar-refractivity contribution in [1.29, 1.82) is 0 Å². The Morgan fingerprint density at radius 2 is 1.57 bits per heavy atom. The molecule has 1 aliphatic rings. The van der Waals surface area contributed by atoms with Crippen molar-refractivity contribution in [3.8, 4) is 5.75 Å². The first-order chi connectivity index (χ1) is 9.97. The van der Waals surface area contributed by atoms with E-state index in [4.69, 9.17) is 0 Å². The molecule has 2 aromatic rings. The van der Waals surface area contributed by atoms with Crippen LogP contribution >= 0.6 is 0 Å². The lowest BCUT2D eigenvalue weighted by molar-refractivity contribution is 0.168. The van der Waals surface area contributed by atoms with Gasteiger partial charge in [-0.2, -0.15) is 0 Å². The smallest absolute Gasteiger partial charge is 0.126 e. The van der Waals surface area contributed by atoms with Gasteiger partial charge >= 0.3 is 0 Å². The van der Waals surface area contributed by atoms with Crippen LogP contribution in [0.15, 0.2) is 36.4 Å². The predicted molar refractivity (Wildman–Crippen MR) is 89.8 cm³/mol. The summed E-state index contributed by atoms with van der Waals surface area (Å²) < 4.78 is 0. The summed E-state index contributed by atoms with van der Waals surface area (Å²) in [5, 5.41) is 12.7. The molecule has 0 spiro atoms. The van der Waals surface area contributed by atoms with Crippen LogP contribution in [0.3, 0.4) is 0 Å². The van der Waals surface area contributed by atoms with Crippen molar-refractivity contribution in [2.45, 2.75) is 52.4 Å². The molecule has 0 atom stereocenters. The first-order valence-electron chi connectivity index (χ1n) is 8.17. The third kappa shape index (κ3) is 2.79. The van der Waals surface area contributed by atoms with Crippen LogP contribution in [0.1, 0.15) is 57.9 Å². The van der Waals surface area contributed by atoms with Crippen molar-refractivity contribution >= 4 is 10.8 Å². The number of hydrogen-bond donors (Lipinski definition) is 1. The fourth-order valence-electron chi connectivity index (χ4n) is 3.87. The number of phenols is 1. The summed E-state index contributed by atoms with van der Waals surface area (Å²) in [6.07, 6.45) is 4.96. The van der Waals surface area contributed by atoms with Gasteiger partial charge in [-0.25, -0.2) is 0 Å². The second-order valence-electron chi connectivity index (χ2n) is 7.64. The van der Waals surface area contributed by atoms with E-state index in [2.05, 4.69) is 39.0 Å². The van der Waals surface area contributed by atoms with E-state index in [0.29, 0.717) is 17.1 Å². The number of benzene rings is 2. The number of hydrogen-bond acceptors (Lipinski definition) is 1. The molecule has 1 nitrogen and oxygen atoms in total. The topological polar surface area (TPSA) is 20.2 Å². The Morgan fingerprint density at radius 1 is 0.905 bits per heavy atom. The van der Waals surface area contributed by atoms with Crippen molar-refractivity contribution in [2.24, 2.45) is 11.3 Å². The van der Waals surface area contributed by atoms with Crippen molar-refractivity contribution in [2.75, 3.05) is 0 Å². The molecule has 0 unspecified atom stereocenters. The first kappa shape index (κ1) is 14.4. The van der Waals surface area contributed by atoms with E-state index < -0.39 is 0 Å². The minimum absolute atomic E-state index is 0.413. The Bertz CT molecular complexity index is 628. The van der Waals surface area contributed by atoms with Gasteiger partial charge in [0.15, 0.2) is 0 Å². The predicted octanol–water partition coefficient (Wildman–Crippen LogP) is 5.87. The second kappa shape index (κ2) is 5.36. The maximum atomic E-state index is 10.6. The fourth-order valence-corrected chi connectivity index (χ4v) is 3.87. The highest BCUT2D eigenvalue weighted by atomic mass is 16.3. The van der Waals surface area contributed by atoms with Gasteiger partial charge in [0.05, 0.1) is 0 Å². The summed E-state index contributed by atoms with van der Waals surface area (Å²) >= 11 is 0. The number of fused-ring (bicyclic) bond motifs is 1. The number of phenolic OH excluding ortho intramolecular Hbond substituents is 1. The molecule has 0 amide bonds. The van der Waals surface area contributed by atoms with E-state index in [1.807, 2.05) is 18.2 Å². The third-order valence-electron chi connectivity index (χ3n) is 5.32. The van der Waals surface area contributed by atoms with Gasteiger partial charge in [-0.1, -0.05) is 57.2 Å². The Labute approximate surface area is 128 Å². The highest BCUT2D eigenvalue weighted by Gasteiger charge is 2.31. The maximum absolute atomic E-state index is 10.6. The summed E-state index contributed by atoms with van der Waals surface area (Å²) in [6, 6.07) is 12.4. The molecule has 0 bridgehead atoms. The summed E-state index contributed by atoms with van der Waals surface area (Å²) in [7, 11) is 0. The van der Waals surface area contributed by atoms with E-state index in [1.165, 1.54) is 25.7 Å². The zero-order valence-corrected chi connectivity index (χ0v) is 13.4. The van der Waals surface area contributed by atoms with Crippen molar-refractivity contribution in [3.63, 3.8) is 0 Å². The lowest BCUT2D eigenvalue weighted by atomic mass is 9.68. The lowest BCUT2D eigenvalue weighted by Crippen LogP contribution is -2.25. The van der Waals surface area contributed by atoms with Gasteiger partial charge in [-0.05, 0) is 53.9 Å². The summed E-state index contributed by atoms with van der Waals surface area (Å²) in [5.41, 5.74) is 1.57. The van der Waals surface area contributed by atoms with Crippen LogP contribution < -0.4 is 0 Å². The van der Waals surface area contributed by atoms with Crippen molar-refractivity contribution < 1.29 is 5.11 Å². The van der Waals surface area contributed by atoms with Crippen LogP contribution in [0.25, 0.3) is 10.8 Å². The Hall–Kier alpha value is -1.50. The molecule has 1 aliphatic carbocycles. The molecule has 0 heterocycles. The van der Waals surface area contributed by atoms with Crippen LogP contribution in [-0.2, 0) is 0 Å². The van der Waals surface area contributed by atoms with Gasteiger partial charge in [0.2, 0.25) is 0 Å². The molecule has 1 saturated carbocycles. The van der Waals surface area contributed by atoms with Gasteiger partial charge in [0.25, 0.3) is 0 Å². The summed E-state index contributed by atoms with van der Waals surface area (Å²) in [6.45, 7) is 7.06. The van der Waals surface area contributed by atoms with Gasteiger partial charge in [-0.15, -0.1) is 0 Å². The highest BCUT2D eigenvalue weighted by Crippen LogP contribution is 2.46. The van der Waals surface area contributed by atoms with Gasteiger partial charge < -0.3 is 5.11 Å². The maximum Gasteiger partial charge on any atom is 0.126 e. The van der Waals surface area contributed by atoms with E-state index in [-0.39, 0.29) is 0 Å². The Morgan fingerprint density at radius 3 is 2.24 bits per heavy atom. The average molecular weight is 282 g/mol. The zero-order valence-electron chi connectivity index (χ0n) is 13.4. The zero-order chi connectivity index (χ0) is 15.0. The Kier molecular flexibility index (Phi) is 3.69. The van der Waals surface area contributed by atoms with E-state index in [0.717, 1.165) is 22.3 Å². The first-order valence-corrected chi connectivity index (χ1v) is 8.17. The second-order valence-corrected chi connectivity index (χ2v) is 7.64. The largest absolute Gasteiger partial charge is 0.507 e. The molecule has 112 valence electrons. The summed E-state index contributed by atoms with van der Waals surface area (Å²) in [5.74, 6) is 1.84. The average Bonchev–Trinajstić information content (AvgIpc) is 2.47. The van der Waals surface area contributed by atoms with Gasteiger partial charge in [0, 0.05) is 5.39 Å². The Balaban J connectivity index is 1.84. The SMILES string of the molecule is CC(C)(C)C1CCC(c2ccc3ccccc3c2O)CC1. The molecule has 0 saturated heterocycles. The molecule has 1 fully saturated rings. The molecular formula is C20H26O. The number of rotatable bonds is 1. The number of aromatic hydroxyl groups is 1. The molecular weight excluding hydrogens is 256 g/mol. The standard InChI is InChI=1S/C20H26O/c1-20(2,3)16-11-8-15(9-12-16)18-13-10-14-6-4-5-7-17(14)19(18)21/h4-7,10,13,15-16,21H,8-9,11-12H2,1-3H3. The highest BCUT2D eigenvalue weighted by molar-refractivity contribution is 5.89. The third-order valence-corrected chi connectivity index (χ3v) is 5.32. The monoisotopic (exact) mass is 282 g/mol. The molecule has 3 rings (SSSR count). The molecule has 0 aromatic heterocycles. The van der Waals surface area contributed by atoms with E-state index in [9.17, 15) is 5.11 Å². The summed E-state index contributed by atoms with van der Waals surface area (Å²) in [4.78, 5) is 0. The van der Waals surface area contributed by atoms with Crippen LogP contribution in [0.5, 0.6) is 5.75 Å². The molecule has 21 heavy (non-hydrogen) atoms. The van der Waals surface area contributed by atoms with Gasteiger partial charge in [-0.3, -0.25) is 0 Å². The molecule has 0 aliphatic heterocycles. The molecule has 2 aromatic carbocycles. The van der Waals surface area contributed by atoms with E-state index >= 15 is 0 Å². The fraction of sp³-hybridized carbons (Fsp3) is 0.500. The van der Waals surface area contributed by atoms with Crippen LogP contribution in [0.2, 0.25) is 0 Å². The van der Waals surface area contributed by atoms with Gasteiger partial charge in [0.1, 0.15) is 5.75 Å².